The zero-order valence-corrected chi connectivity index (χ0v) is 18.6. The summed E-state index contributed by atoms with van der Waals surface area (Å²) < 4.78 is 24.6. The number of amides is 1. The van der Waals surface area contributed by atoms with Crippen molar-refractivity contribution in [3.63, 3.8) is 0 Å². The number of hydrogen-bond acceptors (Lipinski definition) is 7. The van der Waals surface area contributed by atoms with Gasteiger partial charge < -0.3 is 10.6 Å². The lowest BCUT2D eigenvalue weighted by Gasteiger charge is -2.21. The Morgan fingerprint density at radius 1 is 1.35 bits per heavy atom. The number of fused-ring (bicyclic) bond motifs is 1. The minimum Gasteiger partial charge on any atom is -0.316 e. The first-order chi connectivity index (χ1) is 14.8. The van der Waals surface area contributed by atoms with Crippen LogP contribution in [0.1, 0.15) is 12.8 Å². The van der Waals surface area contributed by atoms with E-state index in [-0.39, 0.29) is 24.1 Å². The van der Waals surface area contributed by atoms with Gasteiger partial charge >= 0.3 is 0 Å². The molecule has 1 saturated heterocycles. The number of hydrogen-bond donors (Lipinski definition) is 2. The number of benzene rings is 1. The molecule has 4 rings (SSSR count). The molecule has 2 N–H and O–H groups in total. The number of anilines is 1. The number of carbonyl (C=O) groups is 1. The molecule has 164 valence electrons. The average molecular weight is 463 g/mol. The minimum absolute atomic E-state index is 0.0299. The van der Waals surface area contributed by atoms with E-state index >= 15 is 0 Å². The first-order valence-electron chi connectivity index (χ1n) is 9.98. The van der Waals surface area contributed by atoms with Crippen molar-refractivity contribution in [1.29, 1.82) is 0 Å². The van der Waals surface area contributed by atoms with Crippen molar-refractivity contribution in [3.8, 4) is 11.1 Å². The molecular weight excluding hydrogens is 440 g/mol. The monoisotopic (exact) mass is 462 g/mol. The van der Waals surface area contributed by atoms with Gasteiger partial charge in [0.2, 0.25) is 5.91 Å². The molecule has 1 unspecified atom stereocenters. The molecule has 11 heteroatoms. The molecule has 1 aliphatic heterocycles. The van der Waals surface area contributed by atoms with Gasteiger partial charge in [-0.3, -0.25) is 4.79 Å². The van der Waals surface area contributed by atoms with E-state index in [1.807, 2.05) is 12.1 Å². The van der Waals surface area contributed by atoms with Crippen LogP contribution in [0.3, 0.4) is 0 Å². The first kappa shape index (κ1) is 21.7. The van der Waals surface area contributed by atoms with Crippen LogP contribution in [0, 0.1) is 5.92 Å². The van der Waals surface area contributed by atoms with Crippen LogP contribution >= 0.6 is 11.6 Å². The molecule has 1 atom stereocenters. The highest BCUT2D eigenvalue weighted by Gasteiger charge is 2.21. The number of aryl methyl sites for hydroxylation is 1. The molecule has 0 spiro atoms. The van der Waals surface area contributed by atoms with Gasteiger partial charge in [0.25, 0.3) is 0 Å². The molecule has 1 amide bonds. The Balaban J connectivity index is 1.61. The van der Waals surface area contributed by atoms with Crippen LogP contribution in [0.4, 0.5) is 5.82 Å². The number of nitrogens with one attached hydrogen (secondary N) is 2. The fraction of sp³-hybridized carbons (Fsp3) is 0.400. The van der Waals surface area contributed by atoms with Gasteiger partial charge in [-0.2, -0.15) is 0 Å². The van der Waals surface area contributed by atoms with Crippen LogP contribution in [0.2, 0.25) is 5.02 Å². The number of piperidine rings is 1. The number of aromatic nitrogens is 4. The van der Waals surface area contributed by atoms with Gasteiger partial charge in [-0.1, -0.05) is 22.9 Å². The summed E-state index contributed by atoms with van der Waals surface area (Å²) in [4.78, 5) is 16.8. The first-order valence-corrected chi connectivity index (χ1v) is 12.4. The fourth-order valence-corrected chi connectivity index (χ4v) is 4.30. The molecule has 1 aromatic carbocycles. The van der Waals surface area contributed by atoms with Crippen LogP contribution in [0.5, 0.6) is 0 Å². The fourth-order valence-electron chi connectivity index (χ4n) is 3.58. The van der Waals surface area contributed by atoms with Crippen molar-refractivity contribution in [2.45, 2.75) is 19.4 Å². The topological polar surface area (TPSA) is 119 Å². The smallest absolute Gasteiger partial charge is 0.229 e. The molecule has 31 heavy (non-hydrogen) atoms. The van der Waals surface area contributed by atoms with Gasteiger partial charge in [0.15, 0.2) is 0 Å². The molecule has 0 bridgehead atoms. The molecule has 0 saturated carbocycles. The minimum atomic E-state index is -3.13. The SMILES string of the molecule is CS(=O)(=O)CCn1nnc2ccc(-c3cc(NC(=O)C4CCCNC4)ncc3Cl)cc21. The predicted octanol–water partition coefficient (Wildman–Crippen LogP) is 2.13. The number of pyridine rings is 1. The van der Waals surface area contributed by atoms with Crippen molar-refractivity contribution in [2.75, 3.05) is 30.4 Å². The number of halogens is 1. The van der Waals surface area contributed by atoms with Gasteiger partial charge in [0.05, 0.1) is 28.8 Å². The largest absolute Gasteiger partial charge is 0.316 e. The Labute approximate surface area is 185 Å². The average Bonchev–Trinajstić information content (AvgIpc) is 3.16. The molecule has 1 aliphatic rings. The number of sulfone groups is 1. The molecular formula is C20H23ClN6O3S. The van der Waals surface area contributed by atoms with Gasteiger partial charge in [0.1, 0.15) is 21.2 Å². The summed E-state index contributed by atoms with van der Waals surface area (Å²) in [5.74, 6) is 0.254. The van der Waals surface area contributed by atoms with E-state index in [0.29, 0.717) is 34.0 Å². The highest BCUT2D eigenvalue weighted by molar-refractivity contribution is 7.90. The normalized spacial score (nSPS) is 17.0. The summed E-state index contributed by atoms with van der Waals surface area (Å²) in [5.41, 5.74) is 2.85. The second-order valence-corrected chi connectivity index (χ2v) is 10.4. The maximum absolute atomic E-state index is 12.5. The van der Waals surface area contributed by atoms with E-state index in [2.05, 4.69) is 25.9 Å². The second kappa shape index (κ2) is 8.89. The highest BCUT2D eigenvalue weighted by atomic mass is 35.5. The van der Waals surface area contributed by atoms with Crippen molar-refractivity contribution in [2.24, 2.45) is 5.92 Å². The summed E-state index contributed by atoms with van der Waals surface area (Å²) in [6.45, 7) is 1.80. The highest BCUT2D eigenvalue weighted by Crippen LogP contribution is 2.31. The zero-order valence-electron chi connectivity index (χ0n) is 17.0. The van der Waals surface area contributed by atoms with Crippen molar-refractivity contribution < 1.29 is 13.2 Å². The quantitative estimate of drug-likeness (QED) is 0.575. The molecule has 3 heterocycles. The van der Waals surface area contributed by atoms with E-state index in [1.54, 1.807) is 16.8 Å². The number of rotatable bonds is 6. The van der Waals surface area contributed by atoms with Crippen molar-refractivity contribution >= 4 is 44.2 Å². The third kappa shape index (κ3) is 5.20. The number of carbonyl (C=O) groups excluding carboxylic acids is 1. The van der Waals surface area contributed by atoms with Gasteiger partial charge in [-0.25, -0.2) is 18.1 Å². The van der Waals surface area contributed by atoms with Crippen LogP contribution < -0.4 is 10.6 Å². The van der Waals surface area contributed by atoms with E-state index in [9.17, 15) is 13.2 Å². The Morgan fingerprint density at radius 3 is 2.94 bits per heavy atom. The van der Waals surface area contributed by atoms with Crippen LogP contribution in [-0.2, 0) is 21.2 Å². The Hall–Kier alpha value is -2.56. The predicted molar refractivity (Wildman–Crippen MR) is 120 cm³/mol. The summed E-state index contributed by atoms with van der Waals surface area (Å²) in [7, 11) is -3.13. The molecule has 2 aromatic heterocycles. The molecule has 1 fully saturated rings. The maximum atomic E-state index is 12.5. The van der Waals surface area contributed by atoms with E-state index < -0.39 is 9.84 Å². The Morgan fingerprint density at radius 2 is 2.19 bits per heavy atom. The molecule has 3 aromatic rings. The van der Waals surface area contributed by atoms with Crippen LogP contribution in [-0.4, -0.2) is 59.4 Å². The summed E-state index contributed by atoms with van der Waals surface area (Å²) in [6.07, 6.45) is 4.52. The van der Waals surface area contributed by atoms with E-state index in [0.717, 1.165) is 24.9 Å². The number of nitrogens with zero attached hydrogens (tertiary/aromatic N) is 4. The molecule has 0 aliphatic carbocycles. The summed E-state index contributed by atoms with van der Waals surface area (Å²) in [6, 6.07) is 7.25. The van der Waals surface area contributed by atoms with Crippen molar-refractivity contribution in [3.05, 3.63) is 35.5 Å². The third-order valence-corrected chi connectivity index (χ3v) is 6.50. The summed E-state index contributed by atoms with van der Waals surface area (Å²) in [5, 5.41) is 14.7. The lowest BCUT2D eigenvalue weighted by Crippen LogP contribution is -2.37. The van der Waals surface area contributed by atoms with Gasteiger partial charge in [-0.15, -0.1) is 5.10 Å². The van der Waals surface area contributed by atoms with E-state index in [1.165, 1.54) is 12.5 Å². The zero-order chi connectivity index (χ0) is 22.0. The Kier molecular flexibility index (Phi) is 6.22. The maximum Gasteiger partial charge on any atom is 0.229 e. The lowest BCUT2D eigenvalue weighted by atomic mass is 9.99. The second-order valence-electron chi connectivity index (χ2n) is 7.73. The van der Waals surface area contributed by atoms with Crippen LogP contribution in [0.15, 0.2) is 30.5 Å². The molecule has 0 radical (unpaired) electrons. The third-order valence-electron chi connectivity index (χ3n) is 5.27. The Bertz CT molecular complexity index is 1220. The summed E-state index contributed by atoms with van der Waals surface area (Å²) >= 11 is 6.40. The lowest BCUT2D eigenvalue weighted by molar-refractivity contribution is -0.120. The molecule has 9 nitrogen and oxygen atoms in total. The van der Waals surface area contributed by atoms with Gasteiger partial charge in [-0.05, 0) is 43.1 Å². The standard InChI is InChI=1S/C20H23ClN6O3S/c1-31(29,30)8-7-27-18-9-13(4-5-17(18)25-26-27)15-10-19(23-12-16(15)21)24-20(28)14-3-2-6-22-11-14/h4-5,9-10,12,14,22H,2-3,6-8,11H2,1H3,(H,23,24,28). The van der Waals surface area contributed by atoms with Crippen LogP contribution in [0.25, 0.3) is 22.2 Å². The van der Waals surface area contributed by atoms with E-state index in [4.69, 9.17) is 11.6 Å². The van der Waals surface area contributed by atoms with Crippen molar-refractivity contribution in [1.82, 2.24) is 25.3 Å². The van der Waals surface area contributed by atoms with Gasteiger partial charge in [0, 0.05) is 24.6 Å².